The second kappa shape index (κ2) is 41.1. The van der Waals surface area contributed by atoms with Crippen molar-refractivity contribution in [2.24, 2.45) is 0 Å². The predicted octanol–water partition coefficient (Wildman–Crippen LogP) is 11.9. The van der Waals surface area contributed by atoms with Crippen LogP contribution in [0.3, 0.4) is 0 Å². The van der Waals surface area contributed by atoms with Crippen molar-refractivity contribution in [2.75, 3.05) is 20.8 Å². The SMILES string of the molecule is COC(=O)[C@H]1O[C@H](O[C@H]2[C@H](OC)O[C@@H](C)[C@H](O[C@@H]3O[C@H](COC(=O)c4ccccc4)[C@H](OC(=O)c4ccccc4)[C@H](OC(=O)c4ccccc4)[C@H]3OC(=O)c3ccccc3)[C@H]2OCc2ccccc2)[C@H](OCc2ccccc2)[C@@H](OCc2ccccc2)[C@H]1O[C@@H]1O[C@@H](C)[C@H](OC(=O)c2ccccc2)[C@@H](OCc2ccccc2)[C@H]1OC(C)=O. The highest BCUT2D eigenvalue weighted by Crippen LogP contribution is 2.41. The summed E-state index contributed by atoms with van der Waals surface area (Å²) >= 11 is 0. The number of hydrogen-bond acceptors (Lipinski definition) is 26. The van der Waals surface area contributed by atoms with Gasteiger partial charge < -0.3 is 90.0 Å². The van der Waals surface area contributed by atoms with Gasteiger partial charge in [-0.25, -0.2) is 28.8 Å². The van der Waals surface area contributed by atoms with E-state index < -0.39 is 171 Å². The van der Waals surface area contributed by atoms with Crippen LogP contribution in [0.25, 0.3) is 0 Å². The van der Waals surface area contributed by atoms with E-state index in [-0.39, 0.29) is 54.2 Å². The molecular weight excluding hydrogens is 1510 g/mol. The molecule has 4 aliphatic rings. The van der Waals surface area contributed by atoms with Gasteiger partial charge in [0, 0.05) is 14.0 Å². The van der Waals surface area contributed by atoms with Crippen molar-refractivity contribution in [1.29, 1.82) is 0 Å². The molecule has 0 saturated carbocycles. The van der Waals surface area contributed by atoms with Gasteiger partial charge in [0.2, 0.25) is 0 Å². The Kier molecular flexibility index (Phi) is 29.4. The van der Waals surface area contributed by atoms with Crippen molar-refractivity contribution >= 4 is 41.8 Å². The van der Waals surface area contributed by atoms with E-state index in [1.807, 2.05) is 121 Å². The Balaban J connectivity index is 0.917. The molecule has 4 heterocycles. The Morgan fingerprint density at radius 3 is 1.01 bits per heavy atom. The molecule has 117 heavy (non-hydrogen) atoms. The van der Waals surface area contributed by atoms with Gasteiger partial charge in [0.25, 0.3) is 0 Å². The molecule has 4 saturated heterocycles. The van der Waals surface area contributed by atoms with Crippen molar-refractivity contribution in [3.63, 3.8) is 0 Å². The molecular formula is C91H90O26. The third-order valence-corrected chi connectivity index (χ3v) is 19.9. The minimum absolute atomic E-state index is 0.0361. The summed E-state index contributed by atoms with van der Waals surface area (Å²) in [5, 5.41) is 0. The highest BCUT2D eigenvalue weighted by molar-refractivity contribution is 5.92. The minimum atomic E-state index is -1.93. The maximum Gasteiger partial charge on any atom is 0.338 e. The zero-order valence-electron chi connectivity index (χ0n) is 64.7. The molecule has 4 fully saturated rings. The van der Waals surface area contributed by atoms with Crippen LogP contribution in [0, 0.1) is 0 Å². The number of methoxy groups -OCH3 is 2. The lowest BCUT2D eigenvalue weighted by Crippen LogP contribution is -2.69. The second-order valence-corrected chi connectivity index (χ2v) is 28.0. The number of hydrogen-bond donors (Lipinski definition) is 0. The van der Waals surface area contributed by atoms with Crippen LogP contribution in [0.5, 0.6) is 0 Å². The Bertz CT molecular complexity index is 4640. The number of esters is 7. The van der Waals surface area contributed by atoms with E-state index in [2.05, 4.69) is 0 Å². The maximum absolute atomic E-state index is 15.2. The smallest absolute Gasteiger partial charge is 0.338 e. The van der Waals surface area contributed by atoms with Crippen LogP contribution in [0.1, 0.15) is 94.8 Å². The van der Waals surface area contributed by atoms with Crippen molar-refractivity contribution in [3.05, 3.63) is 323 Å². The van der Waals surface area contributed by atoms with Gasteiger partial charge in [-0.1, -0.05) is 212 Å². The summed E-state index contributed by atoms with van der Waals surface area (Å²) in [5.74, 6) is -6.24. The molecule has 13 rings (SSSR count). The molecule has 0 bridgehead atoms. The van der Waals surface area contributed by atoms with Gasteiger partial charge in [-0.05, 0) is 96.8 Å². The van der Waals surface area contributed by atoms with E-state index in [1.165, 1.54) is 62.6 Å². The predicted molar refractivity (Wildman–Crippen MR) is 415 cm³/mol. The fraction of sp³-hybridized carbons (Fsp3) is 0.330. The fourth-order valence-electron chi connectivity index (χ4n) is 14.1. The van der Waals surface area contributed by atoms with Gasteiger partial charge in [0.1, 0.15) is 55.4 Å². The first-order valence-electron chi connectivity index (χ1n) is 38.3. The highest BCUT2D eigenvalue weighted by atomic mass is 16.8. The van der Waals surface area contributed by atoms with E-state index in [9.17, 15) is 28.8 Å². The molecule has 9 aromatic rings. The third kappa shape index (κ3) is 21.7. The summed E-state index contributed by atoms with van der Waals surface area (Å²) in [6, 6.07) is 76.5. The van der Waals surface area contributed by atoms with Crippen LogP contribution in [0.2, 0.25) is 0 Å². The first-order chi connectivity index (χ1) is 57.1. The summed E-state index contributed by atoms with van der Waals surface area (Å²) in [5.41, 5.74) is 3.19. The molecule has 4 aliphatic heterocycles. The molecule has 26 nitrogen and oxygen atoms in total. The van der Waals surface area contributed by atoms with Crippen molar-refractivity contribution < 1.29 is 124 Å². The average molecular weight is 1600 g/mol. The van der Waals surface area contributed by atoms with Crippen LogP contribution in [0.15, 0.2) is 273 Å². The molecule has 0 amide bonds. The Morgan fingerprint density at radius 2 is 0.598 bits per heavy atom. The van der Waals surface area contributed by atoms with Crippen LogP contribution in [0.4, 0.5) is 0 Å². The normalized spacial score (nSPS) is 26.9. The maximum atomic E-state index is 15.2. The third-order valence-electron chi connectivity index (χ3n) is 19.9. The second-order valence-electron chi connectivity index (χ2n) is 28.0. The molecule has 0 aromatic heterocycles. The van der Waals surface area contributed by atoms with Gasteiger partial charge >= 0.3 is 41.8 Å². The van der Waals surface area contributed by atoms with Crippen LogP contribution >= 0.6 is 0 Å². The van der Waals surface area contributed by atoms with E-state index in [0.29, 0.717) is 22.3 Å². The first-order valence-corrected chi connectivity index (χ1v) is 38.3. The number of carbonyl (C=O) groups excluding carboxylic acids is 7. The summed E-state index contributed by atoms with van der Waals surface area (Å²) in [7, 11) is 2.50. The lowest BCUT2D eigenvalue weighted by atomic mass is 9.94. The van der Waals surface area contributed by atoms with E-state index in [4.69, 9.17) is 90.0 Å². The minimum Gasteiger partial charge on any atom is -0.467 e. The van der Waals surface area contributed by atoms with E-state index in [0.717, 1.165) is 7.11 Å². The molecule has 0 spiro atoms. The molecule has 0 aliphatic carbocycles. The number of ether oxygens (including phenoxy) is 19. The Hall–Kier alpha value is -11.2. The molecule has 0 N–H and O–H groups in total. The molecule has 9 aromatic carbocycles. The van der Waals surface area contributed by atoms with Gasteiger partial charge in [0.05, 0.1) is 73.6 Å². The van der Waals surface area contributed by atoms with Crippen LogP contribution < -0.4 is 0 Å². The summed E-state index contributed by atoms with van der Waals surface area (Å²) < 4.78 is 127. The molecule has 0 radical (unpaired) electrons. The zero-order chi connectivity index (χ0) is 81.6. The first kappa shape index (κ1) is 83.7. The van der Waals surface area contributed by atoms with Gasteiger partial charge in [-0.3, -0.25) is 4.79 Å². The standard InChI is InChI=1S/C91H90O26/c1-56-69(110-83(94)64-43-25-11-26-44-64)72(101-51-59-33-15-6-16-34-59)80(108-58(3)92)90(107-56)115-76-74(103-53-61-37-19-8-20-38-61)78(104-54-62-39-21-9-22-40-62)89(116-77(76)87(98)99-4)117-79-73(102-52-60-35-17-7-18-36-60)70(57(2)106-88(79)100-5)114-91-81(113-86(97)67-49-31-14-32-50-67)75(112-85(96)66-47-29-13-30-48-66)71(111-84(95)65-45-27-12-28-46-65)68(109-91)55-105-82(93)63-41-23-10-24-42-63/h6-50,56-57,68-81,88-91H,51-55H2,1-5H3/t56-,57-,68+,69-,70-,71-,72+,73+,74-,75-,76+,77-,78+,79+,80+,81+,88+,89+,90-,91-/m0/s1. The number of carbonyl (C=O) groups is 7. The van der Waals surface area contributed by atoms with Gasteiger partial charge in [-0.2, -0.15) is 0 Å². The average Bonchev–Trinajstić information content (AvgIpc) is 0.758. The van der Waals surface area contributed by atoms with Crippen molar-refractivity contribution in [1.82, 2.24) is 0 Å². The largest absolute Gasteiger partial charge is 0.467 e. The lowest BCUT2D eigenvalue weighted by molar-refractivity contribution is -0.396. The zero-order valence-corrected chi connectivity index (χ0v) is 64.7. The summed E-state index contributed by atoms with van der Waals surface area (Å²) in [6.45, 7) is 3.16. The molecule has 26 heteroatoms. The monoisotopic (exact) mass is 1600 g/mol. The van der Waals surface area contributed by atoms with Gasteiger partial charge in [-0.15, -0.1) is 0 Å². The van der Waals surface area contributed by atoms with Crippen LogP contribution in [-0.4, -0.2) is 185 Å². The summed E-state index contributed by atoms with van der Waals surface area (Å²) in [6.07, 6.45) is -31.5. The number of rotatable bonds is 32. The van der Waals surface area contributed by atoms with Crippen molar-refractivity contribution in [2.45, 2.75) is 170 Å². The summed E-state index contributed by atoms with van der Waals surface area (Å²) in [4.78, 5) is 101. The topological polar surface area (TPSA) is 295 Å². The Labute approximate surface area is 676 Å². The lowest BCUT2D eigenvalue weighted by Gasteiger charge is -2.51. The molecule has 610 valence electrons. The highest BCUT2D eigenvalue weighted by Gasteiger charge is 2.61. The Morgan fingerprint density at radius 1 is 0.291 bits per heavy atom. The molecule has 20 atom stereocenters. The van der Waals surface area contributed by atoms with Gasteiger partial charge in [0.15, 0.2) is 61.8 Å². The van der Waals surface area contributed by atoms with Crippen molar-refractivity contribution in [3.8, 4) is 0 Å². The van der Waals surface area contributed by atoms with E-state index >= 15 is 4.79 Å². The quantitative estimate of drug-likeness (QED) is 0.0279. The fourth-order valence-corrected chi connectivity index (χ4v) is 14.1. The van der Waals surface area contributed by atoms with E-state index in [1.54, 1.807) is 117 Å². The van der Waals surface area contributed by atoms with Crippen LogP contribution in [-0.2, 0) is 126 Å². The molecule has 0 unspecified atom stereocenters. The number of benzene rings is 9.